The molecule has 5 heteroatoms. The first-order valence-electron chi connectivity index (χ1n) is 7.71. The van der Waals surface area contributed by atoms with Gasteiger partial charge in [-0.05, 0) is 25.0 Å². The number of aromatic nitrogens is 3. The zero-order valence-corrected chi connectivity index (χ0v) is 11.9. The number of aromatic amines is 1. The molecule has 2 aliphatic rings. The van der Waals surface area contributed by atoms with Gasteiger partial charge in [0.15, 0.2) is 29.3 Å². The number of hydrogen-bond donors (Lipinski definition) is 1. The van der Waals surface area contributed by atoms with Crippen LogP contribution in [0.4, 0.5) is 0 Å². The second-order valence-electron chi connectivity index (χ2n) is 5.78. The minimum absolute atomic E-state index is 0.204. The molecule has 1 saturated carbocycles. The van der Waals surface area contributed by atoms with E-state index < -0.39 is 0 Å². The molecule has 0 radical (unpaired) electrons. The second-order valence-corrected chi connectivity index (χ2v) is 5.78. The Morgan fingerprint density at radius 2 is 1.86 bits per heavy atom. The van der Waals surface area contributed by atoms with Crippen LogP contribution in [-0.4, -0.2) is 21.8 Å². The first kappa shape index (κ1) is 12.7. The lowest BCUT2D eigenvalue weighted by atomic mass is 9.89. The van der Waals surface area contributed by atoms with Crippen LogP contribution in [0.1, 0.15) is 55.8 Å². The van der Waals surface area contributed by atoms with Gasteiger partial charge >= 0.3 is 0 Å². The minimum atomic E-state index is -0.204. The van der Waals surface area contributed by atoms with E-state index in [9.17, 15) is 0 Å². The lowest BCUT2D eigenvalue weighted by molar-refractivity contribution is 0.0852. The van der Waals surface area contributed by atoms with Crippen LogP contribution in [0.2, 0.25) is 0 Å². The average Bonchev–Trinajstić information content (AvgIpc) is 3.05. The molecule has 0 bridgehead atoms. The summed E-state index contributed by atoms with van der Waals surface area (Å²) in [7, 11) is 0. The van der Waals surface area contributed by atoms with Crippen LogP contribution in [0.5, 0.6) is 11.5 Å². The highest BCUT2D eigenvalue weighted by atomic mass is 16.6. The highest BCUT2D eigenvalue weighted by molar-refractivity contribution is 5.40. The van der Waals surface area contributed by atoms with Gasteiger partial charge in [0, 0.05) is 5.92 Å². The lowest BCUT2D eigenvalue weighted by Gasteiger charge is -2.24. The molecule has 0 amide bonds. The van der Waals surface area contributed by atoms with Crippen LogP contribution in [0.25, 0.3) is 0 Å². The van der Waals surface area contributed by atoms with Gasteiger partial charge in [-0.15, -0.1) is 0 Å². The third kappa shape index (κ3) is 2.48. The largest absolute Gasteiger partial charge is 0.485 e. The Morgan fingerprint density at radius 3 is 2.71 bits per heavy atom. The van der Waals surface area contributed by atoms with Crippen molar-refractivity contribution in [2.24, 2.45) is 0 Å². The van der Waals surface area contributed by atoms with Gasteiger partial charge in [-0.25, -0.2) is 4.98 Å². The van der Waals surface area contributed by atoms with Gasteiger partial charge in [0.1, 0.15) is 6.61 Å². The van der Waals surface area contributed by atoms with Crippen molar-refractivity contribution >= 4 is 0 Å². The summed E-state index contributed by atoms with van der Waals surface area (Å²) in [6, 6.07) is 7.72. The van der Waals surface area contributed by atoms with Crippen molar-refractivity contribution in [3.8, 4) is 11.5 Å². The van der Waals surface area contributed by atoms with Crippen molar-refractivity contribution < 1.29 is 9.47 Å². The van der Waals surface area contributed by atoms with Crippen LogP contribution >= 0.6 is 0 Å². The van der Waals surface area contributed by atoms with Gasteiger partial charge in [0.2, 0.25) is 0 Å². The summed E-state index contributed by atoms with van der Waals surface area (Å²) in [4.78, 5) is 4.66. The van der Waals surface area contributed by atoms with Crippen molar-refractivity contribution in [2.75, 3.05) is 6.61 Å². The maximum atomic E-state index is 5.96. The number of nitrogens with zero attached hydrogens (tertiary/aromatic N) is 2. The summed E-state index contributed by atoms with van der Waals surface area (Å²) in [5.74, 6) is 3.77. The number of ether oxygens (including phenoxy) is 2. The molecular formula is C16H19N3O2. The van der Waals surface area contributed by atoms with Gasteiger partial charge in [-0.1, -0.05) is 31.4 Å². The molecule has 1 aliphatic heterocycles. The van der Waals surface area contributed by atoms with E-state index in [1.807, 2.05) is 24.3 Å². The van der Waals surface area contributed by atoms with Gasteiger partial charge in [0.25, 0.3) is 0 Å². The number of rotatable bonds is 2. The molecule has 1 aromatic carbocycles. The molecule has 4 rings (SSSR count). The number of fused-ring (bicyclic) bond motifs is 1. The van der Waals surface area contributed by atoms with E-state index in [0.717, 1.165) is 23.1 Å². The molecule has 1 aromatic heterocycles. The van der Waals surface area contributed by atoms with Gasteiger partial charge in [0.05, 0.1) is 0 Å². The quantitative estimate of drug-likeness (QED) is 0.919. The topological polar surface area (TPSA) is 60.0 Å². The first-order chi connectivity index (χ1) is 10.4. The number of H-pyrrole nitrogens is 1. The van der Waals surface area contributed by atoms with E-state index in [2.05, 4.69) is 15.2 Å². The average molecular weight is 285 g/mol. The SMILES string of the molecule is c1ccc2c(c1)OCC(c1nc(C3CCCCC3)n[nH]1)O2. The monoisotopic (exact) mass is 285 g/mol. The Hall–Kier alpha value is -2.04. The molecule has 21 heavy (non-hydrogen) atoms. The van der Waals surface area contributed by atoms with Crippen molar-refractivity contribution in [3.05, 3.63) is 35.9 Å². The number of nitrogens with one attached hydrogen (secondary N) is 1. The van der Waals surface area contributed by atoms with Crippen LogP contribution in [0, 0.1) is 0 Å². The molecule has 1 unspecified atom stereocenters. The van der Waals surface area contributed by atoms with E-state index >= 15 is 0 Å². The highest BCUT2D eigenvalue weighted by Gasteiger charge is 2.27. The highest BCUT2D eigenvalue weighted by Crippen LogP contribution is 2.36. The smallest absolute Gasteiger partial charge is 0.191 e. The molecule has 0 spiro atoms. The maximum Gasteiger partial charge on any atom is 0.191 e. The van der Waals surface area contributed by atoms with E-state index in [1.54, 1.807) is 0 Å². The van der Waals surface area contributed by atoms with E-state index in [0.29, 0.717) is 12.5 Å². The fourth-order valence-electron chi connectivity index (χ4n) is 3.13. The van der Waals surface area contributed by atoms with Crippen molar-refractivity contribution in [3.63, 3.8) is 0 Å². The summed E-state index contributed by atoms with van der Waals surface area (Å²) in [5.41, 5.74) is 0. The fraction of sp³-hybridized carbons (Fsp3) is 0.500. The predicted molar refractivity (Wildman–Crippen MR) is 77.5 cm³/mol. The maximum absolute atomic E-state index is 5.96. The number of benzene rings is 1. The lowest BCUT2D eigenvalue weighted by Crippen LogP contribution is -2.22. The number of hydrogen-bond acceptors (Lipinski definition) is 4. The molecule has 1 N–H and O–H groups in total. The third-order valence-corrected chi connectivity index (χ3v) is 4.30. The fourth-order valence-corrected chi connectivity index (χ4v) is 3.13. The summed E-state index contributed by atoms with van der Waals surface area (Å²) in [6.45, 7) is 0.469. The van der Waals surface area contributed by atoms with E-state index in [-0.39, 0.29) is 6.10 Å². The summed E-state index contributed by atoms with van der Waals surface area (Å²) >= 11 is 0. The standard InChI is InChI=1S/C16H19N3O2/c1-2-6-11(7-3-1)15-17-16(19-18-15)14-10-20-12-8-4-5-9-13(12)21-14/h4-5,8-9,11,14H,1-3,6-7,10H2,(H,17,18,19). The van der Waals surface area contributed by atoms with Crippen molar-refractivity contribution in [1.29, 1.82) is 0 Å². The molecule has 2 aromatic rings. The predicted octanol–water partition coefficient (Wildman–Crippen LogP) is 3.36. The summed E-state index contributed by atoms with van der Waals surface area (Å²) < 4.78 is 11.7. The third-order valence-electron chi connectivity index (χ3n) is 4.30. The molecular weight excluding hydrogens is 266 g/mol. The summed E-state index contributed by atoms with van der Waals surface area (Å²) in [6.07, 6.45) is 6.09. The Bertz CT molecular complexity index is 619. The van der Waals surface area contributed by atoms with Gasteiger partial charge in [-0.2, -0.15) is 5.10 Å². The summed E-state index contributed by atoms with van der Waals surface area (Å²) in [5, 5.41) is 7.44. The zero-order chi connectivity index (χ0) is 14.1. The Balaban J connectivity index is 1.51. The first-order valence-corrected chi connectivity index (χ1v) is 7.71. The molecule has 0 saturated heterocycles. The second kappa shape index (κ2) is 5.39. The van der Waals surface area contributed by atoms with Crippen molar-refractivity contribution in [1.82, 2.24) is 15.2 Å². The molecule has 2 heterocycles. The van der Waals surface area contributed by atoms with Crippen LogP contribution in [0.3, 0.4) is 0 Å². The molecule has 1 fully saturated rings. The van der Waals surface area contributed by atoms with Crippen LogP contribution in [-0.2, 0) is 0 Å². The normalized spacial score (nSPS) is 22.2. The van der Waals surface area contributed by atoms with Gasteiger partial charge < -0.3 is 9.47 Å². The molecule has 1 atom stereocenters. The Kier molecular flexibility index (Phi) is 3.25. The Morgan fingerprint density at radius 1 is 1.05 bits per heavy atom. The minimum Gasteiger partial charge on any atom is -0.485 e. The number of para-hydroxylation sites is 2. The Labute approximate surface area is 123 Å². The van der Waals surface area contributed by atoms with Gasteiger partial charge in [-0.3, -0.25) is 5.10 Å². The van der Waals surface area contributed by atoms with Crippen molar-refractivity contribution in [2.45, 2.75) is 44.1 Å². The molecule has 5 nitrogen and oxygen atoms in total. The zero-order valence-electron chi connectivity index (χ0n) is 11.9. The molecule has 1 aliphatic carbocycles. The van der Waals surface area contributed by atoms with Crippen LogP contribution < -0.4 is 9.47 Å². The van der Waals surface area contributed by atoms with Crippen LogP contribution in [0.15, 0.2) is 24.3 Å². The molecule has 110 valence electrons. The van der Waals surface area contributed by atoms with E-state index in [1.165, 1.54) is 32.1 Å². The van der Waals surface area contributed by atoms with E-state index in [4.69, 9.17) is 9.47 Å².